The molecule has 4 rings (SSSR count). The van der Waals surface area contributed by atoms with Crippen LogP contribution in [0.4, 0.5) is 0 Å². The molecule has 0 bridgehead atoms. The van der Waals surface area contributed by atoms with Gasteiger partial charge in [0.25, 0.3) is 5.91 Å². The molecule has 1 aliphatic rings. The second-order valence-corrected chi connectivity index (χ2v) is 6.61. The lowest BCUT2D eigenvalue weighted by atomic mass is 9.96. The Labute approximate surface area is 150 Å². The topological polar surface area (TPSA) is 75.9 Å². The molecule has 7 nitrogen and oxygen atoms in total. The van der Waals surface area contributed by atoms with Gasteiger partial charge in [0, 0.05) is 32.3 Å². The molecule has 26 heavy (non-hydrogen) atoms. The molecule has 3 aromatic rings. The number of carbonyl (C=O) groups is 1. The number of amides is 1. The van der Waals surface area contributed by atoms with Gasteiger partial charge in [-0.2, -0.15) is 5.10 Å². The predicted octanol–water partition coefficient (Wildman–Crippen LogP) is 1.92. The maximum atomic E-state index is 12.7. The van der Waals surface area contributed by atoms with Crippen molar-refractivity contribution in [2.24, 2.45) is 7.05 Å². The van der Waals surface area contributed by atoms with E-state index in [4.69, 9.17) is 0 Å². The van der Waals surface area contributed by atoms with E-state index in [0.717, 1.165) is 25.1 Å². The Kier molecular flexibility index (Phi) is 4.20. The van der Waals surface area contributed by atoms with Gasteiger partial charge >= 0.3 is 5.69 Å². The van der Waals surface area contributed by atoms with Gasteiger partial charge in [-0.1, -0.05) is 18.2 Å². The van der Waals surface area contributed by atoms with Crippen LogP contribution in [-0.2, 0) is 7.05 Å². The summed E-state index contributed by atoms with van der Waals surface area (Å²) in [6, 6.07) is 13.1. The van der Waals surface area contributed by atoms with Crippen molar-refractivity contribution < 1.29 is 4.79 Å². The van der Waals surface area contributed by atoms with Crippen LogP contribution in [0, 0.1) is 0 Å². The third-order valence-electron chi connectivity index (χ3n) is 4.87. The number of aryl methyl sites for hydroxylation is 1. The van der Waals surface area contributed by atoms with E-state index in [2.05, 4.69) is 10.1 Å². The number of aromatic nitrogens is 4. The van der Waals surface area contributed by atoms with Crippen LogP contribution in [0.3, 0.4) is 0 Å². The van der Waals surface area contributed by atoms with Gasteiger partial charge in [-0.3, -0.25) is 4.79 Å². The van der Waals surface area contributed by atoms with Crippen LogP contribution in [0.25, 0.3) is 5.69 Å². The van der Waals surface area contributed by atoms with Gasteiger partial charge in [0.1, 0.15) is 11.5 Å². The Hall–Kier alpha value is -3.09. The van der Waals surface area contributed by atoms with Crippen LogP contribution in [0.2, 0.25) is 0 Å². The van der Waals surface area contributed by atoms with E-state index in [-0.39, 0.29) is 17.5 Å². The molecule has 0 spiro atoms. The minimum Gasteiger partial charge on any atom is -0.357 e. The number of hydrogen-bond acceptors (Lipinski definition) is 3. The van der Waals surface area contributed by atoms with Crippen LogP contribution < -0.4 is 5.69 Å². The average Bonchev–Trinajstić information content (AvgIpc) is 3.31. The highest BCUT2D eigenvalue weighted by atomic mass is 16.2. The highest BCUT2D eigenvalue weighted by molar-refractivity contribution is 5.92. The molecule has 1 N–H and O–H groups in total. The Morgan fingerprint density at radius 3 is 2.73 bits per heavy atom. The van der Waals surface area contributed by atoms with Gasteiger partial charge in [0.15, 0.2) is 0 Å². The van der Waals surface area contributed by atoms with Crippen molar-refractivity contribution in [3.63, 3.8) is 0 Å². The number of rotatable bonds is 3. The molecule has 134 valence electrons. The summed E-state index contributed by atoms with van der Waals surface area (Å²) >= 11 is 0. The maximum Gasteiger partial charge on any atom is 0.350 e. The maximum absolute atomic E-state index is 12.7. The average molecular weight is 351 g/mol. The van der Waals surface area contributed by atoms with Crippen molar-refractivity contribution >= 4 is 5.91 Å². The summed E-state index contributed by atoms with van der Waals surface area (Å²) in [5.74, 6) is 0.730. The second kappa shape index (κ2) is 6.67. The fourth-order valence-electron chi connectivity index (χ4n) is 3.57. The van der Waals surface area contributed by atoms with Crippen molar-refractivity contribution in [3.05, 3.63) is 70.7 Å². The van der Waals surface area contributed by atoms with Crippen LogP contribution in [0.15, 0.2) is 53.5 Å². The first kappa shape index (κ1) is 16.4. The smallest absolute Gasteiger partial charge is 0.350 e. The lowest BCUT2D eigenvalue weighted by Gasteiger charge is -2.32. The van der Waals surface area contributed by atoms with Gasteiger partial charge in [-0.15, -0.1) is 0 Å². The van der Waals surface area contributed by atoms with E-state index in [1.807, 2.05) is 41.3 Å². The third kappa shape index (κ3) is 2.85. The third-order valence-corrected chi connectivity index (χ3v) is 4.87. The van der Waals surface area contributed by atoms with E-state index >= 15 is 0 Å². The predicted molar refractivity (Wildman–Crippen MR) is 97.5 cm³/mol. The molecule has 1 fully saturated rings. The molecule has 3 heterocycles. The number of nitrogens with one attached hydrogen (secondary N) is 1. The molecule has 1 amide bonds. The number of likely N-dealkylation sites (tertiary alicyclic amines) is 1. The van der Waals surface area contributed by atoms with Crippen molar-refractivity contribution in [2.75, 3.05) is 13.1 Å². The first-order valence-corrected chi connectivity index (χ1v) is 8.79. The normalized spacial score (nSPS) is 17.4. The molecule has 0 aliphatic carbocycles. The van der Waals surface area contributed by atoms with Gasteiger partial charge in [-0.05, 0) is 37.1 Å². The number of carbonyl (C=O) groups excluding carboxylic acids is 1. The minimum absolute atomic E-state index is 0.00996. The van der Waals surface area contributed by atoms with Gasteiger partial charge in [0.2, 0.25) is 0 Å². The number of hydrogen-bond donors (Lipinski definition) is 1. The number of aromatic amines is 1. The van der Waals surface area contributed by atoms with E-state index in [1.165, 1.54) is 4.68 Å². The second-order valence-electron chi connectivity index (χ2n) is 6.61. The quantitative estimate of drug-likeness (QED) is 0.783. The van der Waals surface area contributed by atoms with Gasteiger partial charge < -0.3 is 9.88 Å². The first-order chi connectivity index (χ1) is 12.6. The fraction of sp³-hybridized carbons (Fsp3) is 0.316. The zero-order chi connectivity index (χ0) is 18.1. The zero-order valence-corrected chi connectivity index (χ0v) is 14.6. The molecule has 0 saturated carbocycles. The van der Waals surface area contributed by atoms with Crippen LogP contribution in [0.5, 0.6) is 0 Å². The molecule has 1 aromatic carbocycles. The van der Waals surface area contributed by atoms with Crippen molar-refractivity contribution in [2.45, 2.75) is 18.8 Å². The zero-order valence-electron chi connectivity index (χ0n) is 14.6. The summed E-state index contributed by atoms with van der Waals surface area (Å²) in [7, 11) is 1.66. The molecule has 7 heteroatoms. The molecule has 1 aliphatic heterocycles. The largest absolute Gasteiger partial charge is 0.357 e. The van der Waals surface area contributed by atoms with Crippen molar-refractivity contribution in [1.82, 2.24) is 24.2 Å². The monoisotopic (exact) mass is 351 g/mol. The van der Waals surface area contributed by atoms with Gasteiger partial charge in [-0.25, -0.2) is 14.0 Å². The summed E-state index contributed by atoms with van der Waals surface area (Å²) in [5.41, 5.74) is 1.22. The summed E-state index contributed by atoms with van der Waals surface area (Å²) in [6.07, 6.45) is 3.54. The molecule has 2 aromatic heterocycles. The molecular formula is C19H21N5O2. The highest BCUT2D eigenvalue weighted by Gasteiger charge is 2.30. The van der Waals surface area contributed by atoms with Crippen molar-refractivity contribution in [1.29, 1.82) is 0 Å². The minimum atomic E-state index is -0.168. The van der Waals surface area contributed by atoms with Crippen LogP contribution in [-0.4, -0.2) is 43.2 Å². The number of para-hydroxylation sites is 1. The summed E-state index contributed by atoms with van der Waals surface area (Å²) < 4.78 is 3.03. The SMILES string of the molecule is Cn1nc([C@H]2CCCN(C(=O)c3ccc[nH]3)C2)n(-c2ccccc2)c1=O. The fourth-order valence-corrected chi connectivity index (χ4v) is 3.57. The lowest BCUT2D eigenvalue weighted by Crippen LogP contribution is -2.40. The summed E-state index contributed by atoms with van der Waals surface area (Å²) in [4.78, 5) is 30.1. The first-order valence-electron chi connectivity index (χ1n) is 8.79. The van der Waals surface area contributed by atoms with E-state index in [1.54, 1.807) is 23.9 Å². The highest BCUT2D eigenvalue weighted by Crippen LogP contribution is 2.27. The molecule has 0 unspecified atom stereocenters. The van der Waals surface area contributed by atoms with Crippen LogP contribution in [0.1, 0.15) is 35.1 Å². The number of H-pyrrole nitrogens is 1. The lowest BCUT2D eigenvalue weighted by molar-refractivity contribution is 0.0698. The number of nitrogens with zero attached hydrogens (tertiary/aromatic N) is 4. The number of piperidine rings is 1. The summed E-state index contributed by atoms with van der Waals surface area (Å²) in [6.45, 7) is 1.28. The molecule has 1 saturated heterocycles. The van der Waals surface area contributed by atoms with E-state index in [0.29, 0.717) is 18.1 Å². The van der Waals surface area contributed by atoms with Gasteiger partial charge in [0.05, 0.1) is 5.69 Å². The molecule has 0 radical (unpaired) electrons. The Bertz CT molecular complexity index is 956. The van der Waals surface area contributed by atoms with Crippen LogP contribution >= 0.6 is 0 Å². The Morgan fingerprint density at radius 1 is 1.19 bits per heavy atom. The Morgan fingerprint density at radius 2 is 2.00 bits per heavy atom. The van der Waals surface area contributed by atoms with Crippen molar-refractivity contribution in [3.8, 4) is 5.69 Å². The van der Waals surface area contributed by atoms with E-state index in [9.17, 15) is 9.59 Å². The molecule has 1 atom stereocenters. The molecular weight excluding hydrogens is 330 g/mol. The number of benzene rings is 1. The van der Waals surface area contributed by atoms with E-state index < -0.39 is 0 Å². The standard InChI is InChI=1S/C19H21N5O2/c1-22-19(26)24(15-8-3-2-4-9-15)17(21-22)14-7-6-12-23(13-14)18(25)16-10-5-11-20-16/h2-5,8-11,14,20H,6-7,12-13H2,1H3/t14-/m0/s1. The summed E-state index contributed by atoms with van der Waals surface area (Å²) in [5, 5.41) is 4.49. The Balaban J connectivity index is 1.67.